The van der Waals surface area contributed by atoms with Crippen LogP contribution in [0.25, 0.3) is 11.1 Å². The van der Waals surface area contributed by atoms with E-state index in [-0.39, 0.29) is 11.0 Å². The fourth-order valence-corrected chi connectivity index (χ4v) is 4.74. The summed E-state index contributed by atoms with van der Waals surface area (Å²) in [5, 5.41) is 0.0539. The maximum Gasteiger partial charge on any atom is 0.338 e. The molecule has 0 aliphatic heterocycles. The Labute approximate surface area is 197 Å². The van der Waals surface area contributed by atoms with E-state index in [0.29, 0.717) is 25.1 Å². The van der Waals surface area contributed by atoms with Gasteiger partial charge in [0.15, 0.2) is 8.32 Å². The minimum atomic E-state index is -2.01. The first-order valence-electron chi connectivity index (χ1n) is 11.3. The van der Waals surface area contributed by atoms with E-state index in [1.165, 1.54) is 0 Å². The van der Waals surface area contributed by atoms with E-state index in [4.69, 9.17) is 13.9 Å². The van der Waals surface area contributed by atoms with Crippen LogP contribution in [0.15, 0.2) is 66.7 Å². The summed E-state index contributed by atoms with van der Waals surface area (Å²) >= 11 is 0. The molecule has 1 aliphatic carbocycles. The number of carbonyl (C=O) groups is 2. The Bertz CT molecular complexity index is 976. The number of hydrogen-bond acceptors (Lipinski definition) is 5. The molecule has 33 heavy (non-hydrogen) atoms. The van der Waals surface area contributed by atoms with Gasteiger partial charge in [0.1, 0.15) is 12.2 Å². The van der Waals surface area contributed by atoms with Crippen molar-refractivity contribution in [2.75, 3.05) is 6.61 Å². The highest BCUT2D eigenvalue weighted by Crippen LogP contribution is 2.40. The molecular weight excluding hydrogens is 432 g/mol. The van der Waals surface area contributed by atoms with Crippen LogP contribution in [0.2, 0.25) is 18.1 Å². The second kappa shape index (κ2) is 10.1. The van der Waals surface area contributed by atoms with Crippen LogP contribution in [-0.2, 0) is 18.7 Å². The fraction of sp³-hybridized carbons (Fsp3) is 0.407. The van der Waals surface area contributed by atoms with Gasteiger partial charge in [0.05, 0.1) is 5.56 Å². The van der Waals surface area contributed by atoms with Gasteiger partial charge in [-0.05, 0) is 47.0 Å². The molecule has 0 bridgehead atoms. The predicted molar refractivity (Wildman–Crippen MR) is 132 cm³/mol. The van der Waals surface area contributed by atoms with Gasteiger partial charge in [-0.1, -0.05) is 69.8 Å². The van der Waals surface area contributed by atoms with E-state index in [0.717, 1.165) is 16.7 Å². The summed E-state index contributed by atoms with van der Waals surface area (Å²) in [5.74, 6) is -0.631. The van der Waals surface area contributed by atoms with Gasteiger partial charge in [-0.2, -0.15) is 0 Å². The highest BCUT2D eigenvalue weighted by atomic mass is 28.4. The van der Waals surface area contributed by atoms with Crippen LogP contribution in [0.1, 0.15) is 37.6 Å². The van der Waals surface area contributed by atoms with Crippen molar-refractivity contribution in [2.24, 2.45) is 5.92 Å². The van der Waals surface area contributed by atoms with Crippen molar-refractivity contribution < 1.29 is 23.5 Å². The zero-order valence-electron chi connectivity index (χ0n) is 20.2. The van der Waals surface area contributed by atoms with Crippen LogP contribution >= 0.6 is 0 Å². The summed E-state index contributed by atoms with van der Waals surface area (Å²) in [7, 11) is -2.01. The Kier molecular flexibility index (Phi) is 7.60. The third-order valence-electron chi connectivity index (χ3n) is 6.92. The van der Waals surface area contributed by atoms with Crippen molar-refractivity contribution in [3.05, 3.63) is 72.3 Å². The minimum absolute atomic E-state index is 0.0539. The SMILES string of the molecule is C=C1C(OC=O)CC(OC(=O)c2ccc(-c3ccccc3)cc2)C1CO[Si](C)(C)C(C)(C)C. The van der Waals surface area contributed by atoms with Crippen LogP contribution in [0.3, 0.4) is 0 Å². The van der Waals surface area contributed by atoms with Crippen LogP contribution in [-0.4, -0.2) is 39.6 Å². The van der Waals surface area contributed by atoms with Crippen molar-refractivity contribution in [1.82, 2.24) is 0 Å². The second-order valence-corrected chi connectivity index (χ2v) is 14.9. The standard InChI is InChI=1S/C27H34O5Si/c1-19-23(17-31-33(5,6)27(2,3)4)25(16-24(19)30-18-28)32-26(29)22-14-12-21(13-15-22)20-10-8-7-9-11-20/h7-15,18,23-25H,1,16-17H2,2-6H3. The fourth-order valence-electron chi connectivity index (χ4n) is 3.71. The van der Waals surface area contributed by atoms with E-state index in [1.807, 2.05) is 42.5 Å². The van der Waals surface area contributed by atoms with E-state index in [1.54, 1.807) is 12.1 Å². The van der Waals surface area contributed by atoms with Crippen molar-refractivity contribution >= 4 is 20.8 Å². The average molecular weight is 467 g/mol. The number of benzene rings is 2. The molecule has 0 N–H and O–H groups in total. The molecule has 0 aromatic heterocycles. The number of rotatable bonds is 8. The highest BCUT2D eigenvalue weighted by Gasteiger charge is 2.44. The summed E-state index contributed by atoms with van der Waals surface area (Å²) in [4.78, 5) is 23.9. The zero-order valence-corrected chi connectivity index (χ0v) is 21.2. The number of hydrogen-bond donors (Lipinski definition) is 0. The number of esters is 1. The van der Waals surface area contributed by atoms with Gasteiger partial charge in [-0.25, -0.2) is 4.79 Å². The van der Waals surface area contributed by atoms with E-state index in [2.05, 4.69) is 40.4 Å². The Hall–Kier alpha value is -2.70. The normalized spacial score (nSPS) is 21.0. The summed E-state index contributed by atoms with van der Waals surface area (Å²) in [6.07, 6.45) is -0.556. The monoisotopic (exact) mass is 466 g/mol. The minimum Gasteiger partial charge on any atom is -0.460 e. The number of ether oxygens (including phenoxy) is 2. The Balaban J connectivity index is 1.72. The Morgan fingerprint density at radius 2 is 1.67 bits per heavy atom. The molecule has 2 aromatic carbocycles. The Morgan fingerprint density at radius 3 is 2.24 bits per heavy atom. The van der Waals surface area contributed by atoms with Gasteiger partial charge in [0, 0.05) is 18.9 Å². The lowest BCUT2D eigenvalue weighted by atomic mass is 10.0. The largest absolute Gasteiger partial charge is 0.460 e. The molecule has 6 heteroatoms. The van der Waals surface area contributed by atoms with Gasteiger partial charge in [0.2, 0.25) is 0 Å². The molecule has 1 saturated carbocycles. The molecule has 3 atom stereocenters. The molecule has 1 fully saturated rings. The molecule has 5 nitrogen and oxygen atoms in total. The highest BCUT2D eigenvalue weighted by molar-refractivity contribution is 6.74. The Morgan fingerprint density at radius 1 is 1.06 bits per heavy atom. The van der Waals surface area contributed by atoms with E-state index >= 15 is 0 Å². The van der Waals surface area contributed by atoms with Crippen LogP contribution in [0.5, 0.6) is 0 Å². The summed E-state index contributed by atoms with van der Waals surface area (Å²) in [6, 6.07) is 17.4. The van der Waals surface area contributed by atoms with Crippen molar-refractivity contribution in [2.45, 2.75) is 57.5 Å². The molecule has 3 rings (SSSR count). The number of carbonyl (C=O) groups excluding carboxylic acids is 2. The third kappa shape index (κ3) is 5.81. The molecule has 0 heterocycles. The maximum absolute atomic E-state index is 12.9. The molecule has 0 amide bonds. The molecule has 0 saturated heterocycles. The average Bonchev–Trinajstić information content (AvgIpc) is 3.06. The smallest absolute Gasteiger partial charge is 0.338 e. The lowest BCUT2D eigenvalue weighted by molar-refractivity contribution is -0.132. The lowest BCUT2D eigenvalue weighted by Crippen LogP contribution is -2.43. The predicted octanol–water partition coefficient (Wildman–Crippen LogP) is 6.02. The van der Waals surface area contributed by atoms with Gasteiger partial charge in [-0.15, -0.1) is 0 Å². The van der Waals surface area contributed by atoms with Gasteiger partial charge >= 0.3 is 5.97 Å². The van der Waals surface area contributed by atoms with Gasteiger partial charge < -0.3 is 13.9 Å². The molecule has 0 radical (unpaired) electrons. The first kappa shape index (κ1) is 24.9. The van der Waals surface area contributed by atoms with Crippen molar-refractivity contribution in [3.8, 4) is 11.1 Å². The topological polar surface area (TPSA) is 61.8 Å². The molecule has 3 unspecified atom stereocenters. The quantitative estimate of drug-likeness (QED) is 0.206. The lowest BCUT2D eigenvalue weighted by Gasteiger charge is -2.37. The van der Waals surface area contributed by atoms with E-state index in [9.17, 15) is 9.59 Å². The molecule has 2 aromatic rings. The van der Waals surface area contributed by atoms with Crippen LogP contribution in [0.4, 0.5) is 0 Å². The summed E-state index contributed by atoms with van der Waals surface area (Å²) in [6.45, 7) is 15.8. The third-order valence-corrected chi connectivity index (χ3v) is 11.4. The summed E-state index contributed by atoms with van der Waals surface area (Å²) in [5.41, 5.74) is 3.32. The molecule has 0 spiro atoms. The zero-order chi connectivity index (χ0) is 24.2. The molecular formula is C27H34O5Si. The first-order valence-corrected chi connectivity index (χ1v) is 14.2. The van der Waals surface area contributed by atoms with Crippen molar-refractivity contribution in [1.29, 1.82) is 0 Å². The van der Waals surface area contributed by atoms with Crippen molar-refractivity contribution in [3.63, 3.8) is 0 Å². The maximum atomic E-state index is 12.9. The van der Waals surface area contributed by atoms with Gasteiger partial charge in [0.25, 0.3) is 6.47 Å². The second-order valence-electron chi connectivity index (χ2n) is 10.1. The molecule has 1 aliphatic rings. The molecule has 176 valence electrons. The van der Waals surface area contributed by atoms with Crippen LogP contribution < -0.4 is 0 Å². The van der Waals surface area contributed by atoms with E-state index < -0.39 is 26.5 Å². The summed E-state index contributed by atoms with van der Waals surface area (Å²) < 4.78 is 17.5. The van der Waals surface area contributed by atoms with Crippen LogP contribution in [0, 0.1) is 5.92 Å². The van der Waals surface area contributed by atoms with Gasteiger partial charge in [-0.3, -0.25) is 4.79 Å². The first-order chi connectivity index (χ1) is 15.5.